The van der Waals surface area contributed by atoms with Crippen LogP contribution in [0.4, 0.5) is 19.0 Å². The number of alkyl halides is 3. The summed E-state index contributed by atoms with van der Waals surface area (Å²) in [6, 6.07) is 2.07. The largest absolute Gasteiger partial charge is 0.419 e. The molecule has 2 aliphatic carbocycles. The van der Waals surface area contributed by atoms with Gasteiger partial charge in [-0.3, -0.25) is 4.90 Å². The SMILES string of the molecule is CC(C)c1nc(-c2cnc(N)c(C(F)(F)F)c2)cn1C1[C@H]2CC(N3CCOCC3)C[C@@H]12. The van der Waals surface area contributed by atoms with Crippen LogP contribution in [0.3, 0.4) is 0 Å². The number of nitrogens with zero attached hydrogens (tertiary/aromatic N) is 4. The highest BCUT2D eigenvalue weighted by Crippen LogP contribution is 2.62. The summed E-state index contributed by atoms with van der Waals surface area (Å²) in [5, 5.41) is 0. The Balaban J connectivity index is 1.39. The summed E-state index contributed by atoms with van der Waals surface area (Å²) in [5.41, 5.74) is 5.42. The van der Waals surface area contributed by atoms with E-state index < -0.39 is 17.6 Å². The van der Waals surface area contributed by atoms with Crippen molar-refractivity contribution in [3.8, 4) is 11.3 Å². The van der Waals surface area contributed by atoms with Crippen LogP contribution in [0.15, 0.2) is 18.5 Å². The van der Waals surface area contributed by atoms with E-state index in [1.54, 1.807) is 0 Å². The van der Waals surface area contributed by atoms with E-state index in [9.17, 15) is 13.2 Å². The molecule has 3 heterocycles. The van der Waals surface area contributed by atoms with Gasteiger partial charge in [0.05, 0.1) is 24.5 Å². The Morgan fingerprint density at radius 1 is 1.16 bits per heavy atom. The molecule has 3 aliphatic rings. The van der Waals surface area contributed by atoms with Gasteiger partial charge in [-0.25, -0.2) is 9.97 Å². The molecule has 2 unspecified atom stereocenters. The van der Waals surface area contributed by atoms with E-state index in [-0.39, 0.29) is 5.92 Å². The van der Waals surface area contributed by atoms with Crippen LogP contribution in [-0.2, 0) is 10.9 Å². The highest BCUT2D eigenvalue weighted by atomic mass is 19.4. The van der Waals surface area contributed by atoms with Crippen molar-refractivity contribution in [2.75, 3.05) is 32.0 Å². The molecule has 3 fully saturated rings. The molecule has 0 radical (unpaired) electrons. The molecule has 0 amide bonds. The van der Waals surface area contributed by atoms with Crippen molar-refractivity contribution in [1.82, 2.24) is 19.4 Å². The molecule has 6 nitrogen and oxygen atoms in total. The molecule has 2 aromatic heterocycles. The number of pyridine rings is 1. The average molecular weight is 435 g/mol. The molecule has 1 aliphatic heterocycles. The lowest BCUT2D eigenvalue weighted by molar-refractivity contribution is -0.137. The third-order valence-corrected chi connectivity index (χ3v) is 7.06. The van der Waals surface area contributed by atoms with Crippen molar-refractivity contribution >= 4 is 5.82 Å². The Kier molecular flexibility index (Phi) is 5.01. The molecule has 2 saturated carbocycles. The molecule has 5 rings (SSSR count). The molecule has 0 bridgehead atoms. The van der Waals surface area contributed by atoms with Crippen LogP contribution >= 0.6 is 0 Å². The average Bonchev–Trinajstić information content (AvgIpc) is 3.09. The fourth-order valence-corrected chi connectivity index (χ4v) is 5.49. The molecule has 0 spiro atoms. The number of anilines is 1. The van der Waals surface area contributed by atoms with Gasteiger partial charge < -0.3 is 15.0 Å². The van der Waals surface area contributed by atoms with E-state index in [1.165, 1.54) is 19.0 Å². The Bertz CT molecular complexity index is 955. The number of ether oxygens (including phenoxy) is 1. The van der Waals surface area contributed by atoms with Crippen LogP contribution in [0.2, 0.25) is 0 Å². The minimum atomic E-state index is -4.54. The number of nitrogens with two attached hydrogens (primary N) is 1. The maximum absolute atomic E-state index is 13.3. The number of nitrogen functional groups attached to an aromatic ring is 1. The van der Waals surface area contributed by atoms with E-state index in [4.69, 9.17) is 15.5 Å². The smallest absolute Gasteiger partial charge is 0.383 e. The first-order valence-corrected chi connectivity index (χ1v) is 11.0. The normalized spacial score (nSPS) is 28.8. The van der Waals surface area contributed by atoms with Crippen molar-refractivity contribution in [1.29, 1.82) is 0 Å². The Hall–Kier alpha value is -2.13. The van der Waals surface area contributed by atoms with Crippen LogP contribution in [0.1, 0.15) is 50.0 Å². The predicted octanol–water partition coefficient (Wildman–Crippen LogP) is 3.95. The molecule has 9 heteroatoms. The summed E-state index contributed by atoms with van der Waals surface area (Å²) in [6.07, 6.45) is 1.08. The number of fused-ring (bicyclic) bond motifs is 1. The third kappa shape index (κ3) is 3.71. The van der Waals surface area contributed by atoms with E-state index >= 15 is 0 Å². The van der Waals surface area contributed by atoms with Gasteiger partial charge in [-0.05, 0) is 30.7 Å². The first-order valence-electron chi connectivity index (χ1n) is 11.0. The van der Waals surface area contributed by atoms with Crippen LogP contribution < -0.4 is 5.73 Å². The lowest BCUT2D eigenvalue weighted by Gasteiger charge is -2.33. The molecule has 168 valence electrons. The summed E-state index contributed by atoms with van der Waals surface area (Å²) in [4.78, 5) is 11.0. The van der Waals surface area contributed by atoms with Crippen LogP contribution in [-0.4, -0.2) is 51.8 Å². The first-order chi connectivity index (χ1) is 14.7. The summed E-state index contributed by atoms with van der Waals surface area (Å²) in [7, 11) is 0. The molecule has 31 heavy (non-hydrogen) atoms. The van der Waals surface area contributed by atoms with E-state index in [1.807, 2.05) is 6.20 Å². The van der Waals surface area contributed by atoms with Crippen LogP contribution in [0, 0.1) is 11.8 Å². The zero-order valence-electron chi connectivity index (χ0n) is 17.8. The zero-order chi connectivity index (χ0) is 21.9. The maximum atomic E-state index is 13.3. The van der Waals surface area contributed by atoms with Gasteiger partial charge in [-0.1, -0.05) is 13.8 Å². The third-order valence-electron chi connectivity index (χ3n) is 7.06. The van der Waals surface area contributed by atoms with Crippen LogP contribution in [0.25, 0.3) is 11.3 Å². The Labute approximate surface area is 179 Å². The van der Waals surface area contributed by atoms with E-state index in [0.717, 1.165) is 38.2 Å². The number of aromatic nitrogens is 3. The second-order valence-corrected chi connectivity index (χ2v) is 9.29. The van der Waals surface area contributed by atoms with E-state index in [0.29, 0.717) is 35.2 Å². The topological polar surface area (TPSA) is 69.2 Å². The van der Waals surface area contributed by atoms with Crippen LogP contribution in [0.5, 0.6) is 0 Å². The van der Waals surface area contributed by atoms with Gasteiger partial charge in [0, 0.05) is 49.0 Å². The highest BCUT2D eigenvalue weighted by molar-refractivity contribution is 5.62. The van der Waals surface area contributed by atoms with Crippen molar-refractivity contribution in [2.24, 2.45) is 11.8 Å². The molecular weight excluding hydrogens is 407 g/mol. The minimum absolute atomic E-state index is 0.175. The van der Waals surface area contributed by atoms with Gasteiger partial charge in [0.15, 0.2) is 0 Å². The number of morpholine rings is 1. The highest BCUT2D eigenvalue weighted by Gasteiger charge is 2.58. The second-order valence-electron chi connectivity index (χ2n) is 9.29. The summed E-state index contributed by atoms with van der Waals surface area (Å²) in [5.74, 6) is 1.81. The van der Waals surface area contributed by atoms with E-state index in [2.05, 4.69) is 28.3 Å². The lowest BCUT2D eigenvalue weighted by atomic mass is 10.1. The number of imidazole rings is 1. The fourth-order valence-electron chi connectivity index (χ4n) is 5.49. The lowest BCUT2D eigenvalue weighted by Crippen LogP contribution is -2.43. The molecule has 2 aromatic rings. The minimum Gasteiger partial charge on any atom is -0.383 e. The number of halogens is 3. The monoisotopic (exact) mass is 435 g/mol. The summed E-state index contributed by atoms with van der Waals surface area (Å²) >= 11 is 0. The Morgan fingerprint density at radius 3 is 2.45 bits per heavy atom. The molecule has 2 N–H and O–H groups in total. The van der Waals surface area contributed by atoms with Gasteiger partial charge in [0.2, 0.25) is 0 Å². The van der Waals surface area contributed by atoms with Crippen molar-refractivity contribution in [3.05, 3.63) is 29.8 Å². The second kappa shape index (κ2) is 7.48. The molecule has 0 aromatic carbocycles. The summed E-state index contributed by atoms with van der Waals surface area (Å²) < 4.78 is 47.5. The number of hydrogen-bond acceptors (Lipinski definition) is 5. The number of hydrogen-bond donors (Lipinski definition) is 1. The van der Waals surface area contributed by atoms with Gasteiger partial charge in [-0.15, -0.1) is 0 Å². The fraction of sp³-hybridized carbons (Fsp3) is 0.636. The summed E-state index contributed by atoms with van der Waals surface area (Å²) in [6.45, 7) is 7.78. The molecular formula is C22H28F3N5O. The van der Waals surface area contributed by atoms with Gasteiger partial charge in [-0.2, -0.15) is 13.2 Å². The van der Waals surface area contributed by atoms with Crippen molar-refractivity contribution in [3.63, 3.8) is 0 Å². The van der Waals surface area contributed by atoms with Gasteiger partial charge >= 0.3 is 6.18 Å². The Morgan fingerprint density at radius 2 is 1.84 bits per heavy atom. The number of rotatable bonds is 4. The standard InChI is InChI=1S/C22H28F3N5O/c1-12(2)21-28-18(13-7-17(22(23,24)25)20(26)27-10-13)11-30(21)19-15-8-14(9-16(15)19)29-3-5-31-6-4-29/h7,10-12,14-16,19H,3-6,8-9H2,1-2H3,(H2,26,27)/t14?,15-,16+,19?. The maximum Gasteiger partial charge on any atom is 0.419 e. The van der Waals surface area contributed by atoms with Gasteiger partial charge in [0.1, 0.15) is 11.6 Å². The quantitative estimate of drug-likeness (QED) is 0.788. The predicted molar refractivity (Wildman–Crippen MR) is 110 cm³/mol. The van der Waals surface area contributed by atoms with Crippen molar-refractivity contribution in [2.45, 2.75) is 50.9 Å². The zero-order valence-corrected chi connectivity index (χ0v) is 17.8. The molecule has 1 saturated heterocycles. The van der Waals surface area contributed by atoms with Gasteiger partial charge in [0.25, 0.3) is 0 Å². The first kappa shape index (κ1) is 20.8. The van der Waals surface area contributed by atoms with Crippen molar-refractivity contribution < 1.29 is 17.9 Å². The molecule has 4 atom stereocenters.